The first kappa shape index (κ1) is 35.0. The van der Waals surface area contributed by atoms with Gasteiger partial charge in [0.05, 0.1) is 13.7 Å². The molecule has 0 aromatic heterocycles. The Morgan fingerprint density at radius 3 is 2.29 bits per heavy atom. The monoisotopic (exact) mass is 690 g/mol. The number of fused-ring (bicyclic) bond motifs is 5. The number of esters is 1. The van der Waals surface area contributed by atoms with Crippen LogP contribution in [0.2, 0.25) is 0 Å². The zero-order chi connectivity index (χ0) is 31.9. The van der Waals surface area contributed by atoms with Crippen molar-refractivity contribution >= 4 is 27.7 Å². The van der Waals surface area contributed by atoms with Gasteiger partial charge < -0.3 is 23.7 Å². The topological polar surface area (TPSA) is 80.3 Å². The fraction of sp³-hybridized carbons (Fsp3) is 0.784. The summed E-state index contributed by atoms with van der Waals surface area (Å²) in [4.78, 5) is 27.3. The average Bonchev–Trinajstić information content (AvgIpc) is 3.31. The molecule has 2 saturated carbocycles. The summed E-state index contributed by atoms with van der Waals surface area (Å²) in [6.45, 7) is 7.25. The summed E-state index contributed by atoms with van der Waals surface area (Å²) in [6.07, 6.45) is 13.5. The molecular weight excluding hydrogens is 636 g/mol. The maximum absolute atomic E-state index is 14.1. The van der Waals surface area contributed by atoms with Gasteiger partial charge in [-0.2, -0.15) is 0 Å². The highest BCUT2D eigenvalue weighted by Gasteiger charge is 2.66. The third kappa shape index (κ3) is 7.88. The second-order valence-electron chi connectivity index (χ2n) is 14.2. The van der Waals surface area contributed by atoms with Crippen molar-refractivity contribution in [1.29, 1.82) is 0 Å². The smallest absolute Gasteiger partial charge is 0.319 e. The largest absolute Gasteiger partial charge is 0.468 e. The van der Waals surface area contributed by atoms with Gasteiger partial charge in [0.1, 0.15) is 5.41 Å². The van der Waals surface area contributed by atoms with Crippen LogP contribution >= 0.6 is 15.9 Å². The minimum absolute atomic E-state index is 0.0859. The molecule has 0 spiro atoms. The van der Waals surface area contributed by atoms with Crippen LogP contribution in [0.3, 0.4) is 0 Å². The Labute approximate surface area is 278 Å². The summed E-state index contributed by atoms with van der Waals surface area (Å²) in [5.41, 5.74) is 2.81. The second kappa shape index (κ2) is 16.2. The molecule has 0 N–H and O–H groups in total. The Kier molecular flexibility index (Phi) is 12.6. The lowest BCUT2D eigenvalue weighted by atomic mass is 9.55. The van der Waals surface area contributed by atoms with Crippen LogP contribution in [0, 0.1) is 29.6 Å². The number of hydrogen-bond donors (Lipinski definition) is 0. The van der Waals surface area contributed by atoms with Crippen LogP contribution in [0.4, 0.5) is 0 Å². The van der Waals surface area contributed by atoms with Crippen LogP contribution < -0.4 is 0 Å². The van der Waals surface area contributed by atoms with Crippen LogP contribution in [0.25, 0.3) is 0 Å². The molecule has 2 saturated heterocycles. The first-order valence-electron chi connectivity index (χ1n) is 17.6. The van der Waals surface area contributed by atoms with E-state index in [9.17, 15) is 9.59 Å². The van der Waals surface area contributed by atoms with Gasteiger partial charge in [0.15, 0.2) is 18.4 Å². The van der Waals surface area contributed by atoms with E-state index in [0.717, 1.165) is 82.9 Å². The van der Waals surface area contributed by atoms with Gasteiger partial charge in [0.25, 0.3) is 0 Å². The molecule has 4 fully saturated rings. The average molecular weight is 692 g/mol. The Morgan fingerprint density at radius 2 is 1.67 bits per heavy atom. The molecule has 7 atom stereocenters. The summed E-state index contributed by atoms with van der Waals surface area (Å²) < 4.78 is 27.7. The van der Waals surface area contributed by atoms with Gasteiger partial charge in [-0.1, -0.05) is 46.6 Å². The van der Waals surface area contributed by atoms with Gasteiger partial charge in [0, 0.05) is 30.6 Å². The highest BCUT2D eigenvalue weighted by molar-refractivity contribution is 9.09. The van der Waals surface area contributed by atoms with E-state index in [1.54, 1.807) is 0 Å². The van der Waals surface area contributed by atoms with E-state index in [0.29, 0.717) is 37.7 Å². The third-order valence-electron chi connectivity index (χ3n) is 11.3. The second-order valence-corrected chi connectivity index (χ2v) is 15.0. The van der Waals surface area contributed by atoms with Crippen molar-refractivity contribution in [3.63, 3.8) is 0 Å². The summed E-state index contributed by atoms with van der Waals surface area (Å²) in [5, 5.41) is 1.01. The minimum atomic E-state index is -1.03. The third-order valence-corrected chi connectivity index (χ3v) is 11.8. The number of hydrogen-bond acceptors (Lipinski definition) is 7. The Morgan fingerprint density at radius 1 is 0.978 bits per heavy atom. The van der Waals surface area contributed by atoms with Crippen LogP contribution in [0.1, 0.15) is 113 Å². The molecule has 2 aliphatic heterocycles. The van der Waals surface area contributed by atoms with Crippen molar-refractivity contribution in [2.24, 2.45) is 22.7 Å². The Balaban J connectivity index is 0.000000309. The number of alkyl halides is 1. The number of aryl methyl sites for hydroxylation is 2. The Hall–Kier alpha value is -1.32. The van der Waals surface area contributed by atoms with Crippen molar-refractivity contribution < 1.29 is 33.3 Å². The first-order valence-corrected chi connectivity index (χ1v) is 18.7. The maximum atomic E-state index is 14.1. The lowest BCUT2D eigenvalue weighted by molar-refractivity contribution is -0.166. The molecule has 252 valence electrons. The van der Waals surface area contributed by atoms with E-state index < -0.39 is 10.8 Å². The number of halogens is 1. The highest BCUT2D eigenvalue weighted by Crippen LogP contribution is 2.64. The lowest BCUT2D eigenvalue weighted by Gasteiger charge is -2.48. The van der Waals surface area contributed by atoms with E-state index in [-0.39, 0.29) is 30.3 Å². The molecule has 7 nitrogen and oxygen atoms in total. The molecule has 45 heavy (non-hydrogen) atoms. The van der Waals surface area contributed by atoms with Gasteiger partial charge in [-0.05, 0) is 126 Å². The molecule has 0 amide bonds. The summed E-state index contributed by atoms with van der Waals surface area (Å²) in [5.74, 6) is 0.964. The molecule has 0 radical (unpaired) electrons. The molecule has 8 heteroatoms. The summed E-state index contributed by atoms with van der Waals surface area (Å²) >= 11 is 3.35. The van der Waals surface area contributed by atoms with Crippen molar-refractivity contribution in [2.75, 3.05) is 38.9 Å². The van der Waals surface area contributed by atoms with E-state index >= 15 is 0 Å². The van der Waals surface area contributed by atoms with Gasteiger partial charge >= 0.3 is 5.97 Å². The predicted octanol–water partition coefficient (Wildman–Crippen LogP) is 7.83. The molecule has 0 bridgehead atoms. The number of carbonyl (C=O) groups is 2. The summed E-state index contributed by atoms with van der Waals surface area (Å²) in [7, 11) is 1.43. The number of benzene rings is 1. The minimum Gasteiger partial charge on any atom is -0.468 e. The van der Waals surface area contributed by atoms with Gasteiger partial charge in [-0.25, -0.2) is 0 Å². The molecule has 6 rings (SSSR count). The number of methoxy groups -OCH3 is 1. The van der Waals surface area contributed by atoms with Crippen LogP contribution in [0.5, 0.6) is 0 Å². The molecule has 1 aromatic rings. The standard InChI is InChI=1S/C29H40O5.C8H15BrO2/c1-19-8-10-21-20(17-19)9-11-23-22(21)12-14-28(2)24(23)18-29(26(28)30,27(31)32-3)13-6-16-34-25-7-4-5-15-33-25;9-5-3-7-11-8-4-1-2-6-10-8/h8,10,17,22-25H,4-7,9,11-16,18H2,1-3H3;8H,1-7H2/t22?,23?,24?,25?,28-,29-;/m0./s1. The van der Waals surface area contributed by atoms with Crippen molar-refractivity contribution in [1.82, 2.24) is 0 Å². The normalized spacial score (nSPS) is 34.1. The van der Waals surface area contributed by atoms with E-state index in [4.69, 9.17) is 23.7 Å². The van der Waals surface area contributed by atoms with Crippen LogP contribution in [-0.2, 0) is 39.7 Å². The predicted molar refractivity (Wildman–Crippen MR) is 177 cm³/mol. The molecule has 3 aliphatic carbocycles. The maximum Gasteiger partial charge on any atom is 0.319 e. The number of rotatable bonds is 10. The lowest BCUT2D eigenvalue weighted by Crippen LogP contribution is -2.45. The van der Waals surface area contributed by atoms with Crippen molar-refractivity contribution in [2.45, 2.75) is 122 Å². The van der Waals surface area contributed by atoms with Crippen molar-refractivity contribution in [3.8, 4) is 0 Å². The highest BCUT2D eigenvalue weighted by atomic mass is 79.9. The Bertz CT molecular complexity index is 1130. The van der Waals surface area contributed by atoms with Crippen LogP contribution in [0.15, 0.2) is 18.2 Å². The summed E-state index contributed by atoms with van der Waals surface area (Å²) in [6, 6.07) is 6.89. The SMILES string of the molecule is BrCCCOC1CCCCO1.COC(=O)[C@@]1(CCCOC2CCCCO2)CC2C3CCc4cc(C)ccc4C3CC[C@]2(C)C1=O. The van der Waals surface area contributed by atoms with E-state index in [1.807, 2.05) is 0 Å². The van der Waals surface area contributed by atoms with Crippen molar-refractivity contribution in [3.05, 3.63) is 34.9 Å². The fourth-order valence-electron chi connectivity index (χ4n) is 8.94. The quantitative estimate of drug-likeness (QED) is 0.107. The molecule has 5 aliphatic rings. The van der Waals surface area contributed by atoms with Gasteiger partial charge in [-0.3, -0.25) is 9.59 Å². The molecule has 5 unspecified atom stereocenters. The fourth-order valence-corrected chi connectivity index (χ4v) is 9.17. The number of ether oxygens (including phenoxy) is 5. The van der Waals surface area contributed by atoms with Gasteiger partial charge in [-0.15, -0.1) is 0 Å². The number of carbonyl (C=O) groups excluding carboxylic acids is 2. The van der Waals surface area contributed by atoms with Crippen LogP contribution in [-0.4, -0.2) is 63.2 Å². The van der Waals surface area contributed by atoms with Gasteiger partial charge in [0.2, 0.25) is 0 Å². The first-order chi connectivity index (χ1) is 21.8. The zero-order valence-corrected chi connectivity index (χ0v) is 29.4. The number of ketones is 1. The molecule has 2 heterocycles. The molecular formula is C37H55BrO7. The molecule has 1 aromatic carbocycles. The zero-order valence-electron chi connectivity index (χ0n) is 27.8. The van der Waals surface area contributed by atoms with E-state index in [2.05, 4.69) is 48.0 Å². The van der Waals surface area contributed by atoms with E-state index in [1.165, 1.54) is 36.6 Å². The number of Topliss-reactive ketones (excluding diaryl/α,β-unsaturated/α-hetero) is 1.